The van der Waals surface area contributed by atoms with Crippen molar-refractivity contribution < 1.29 is 9.59 Å². The monoisotopic (exact) mass is 370 g/mol. The van der Waals surface area contributed by atoms with Gasteiger partial charge in [0.05, 0.1) is 4.88 Å². The van der Waals surface area contributed by atoms with E-state index < -0.39 is 0 Å². The average Bonchev–Trinajstić information content (AvgIpc) is 2.94. The molecule has 26 heavy (non-hydrogen) atoms. The van der Waals surface area contributed by atoms with Gasteiger partial charge >= 0.3 is 0 Å². The Morgan fingerprint density at radius 1 is 1.04 bits per heavy atom. The van der Waals surface area contributed by atoms with E-state index >= 15 is 0 Å². The third-order valence-corrected chi connectivity index (χ3v) is 6.15. The zero-order valence-corrected chi connectivity index (χ0v) is 16.3. The Labute approximate surface area is 159 Å². The minimum atomic E-state index is -0.0640. The first-order chi connectivity index (χ1) is 12.6. The summed E-state index contributed by atoms with van der Waals surface area (Å²) in [5.74, 6) is -0.0410. The fraction of sp³-hybridized carbons (Fsp3) is 0.429. The van der Waals surface area contributed by atoms with Crippen molar-refractivity contribution in [1.82, 2.24) is 4.90 Å². The van der Waals surface area contributed by atoms with E-state index in [1.165, 1.54) is 29.7 Å². The van der Waals surface area contributed by atoms with Gasteiger partial charge in [0.1, 0.15) is 0 Å². The van der Waals surface area contributed by atoms with Crippen LogP contribution in [0.2, 0.25) is 0 Å². The van der Waals surface area contributed by atoms with E-state index in [-0.39, 0.29) is 11.8 Å². The molecule has 1 heterocycles. The van der Waals surface area contributed by atoms with E-state index in [0.717, 1.165) is 23.4 Å². The van der Waals surface area contributed by atoms with Gasteiger partial charge < -0.3 is 10.2 Å². The third kappa shape index (κ3) is 4.15. The standard InChI is InChI=1S/C21H26N2O2S/c1-3-23(4-2)21(25)15-10-12-17(13-11-15)22-20(24)19-14-16-8-6-5-7-9-18(16)26-19/h10-14H,3-9H2,1-2H3,(H,22,24). The van der Waals surface area contributed by atoms with Gasteiger partial charge in [-0.05, 0) is 75.4 Å². The van der Waals surface area contributed by atoms with Crippen molar-refractivity contribution in [3.63, 3.8) is 0 Å². The van der Waals surface area contributed by atoms with Crippen molar-refractivity contribution >= 4 is 28.8 Å². The van der Waals surface area contributed by atoms with E-state index in [1.54, 1.807) is 40.5 Å². The van der Waals surface area contributed by atoms with Crippen molar-refractivity contribution in [3.05, 3.63) is 51.2 Å². The highest BCUT2D eigenvalue weighted by atomic mass is 32.1. The number of amides is 2. The van der Waals surface area contributed by atoms with Crippen LogP contribution in [-0.2, 0) is 12.8 Å². The summed E-state index contributed by atoms with van der Waals surface area (Å²) in [5.41, 5.74) is 2.71. The van der Waals surface area contributed by atoms with Crippen LogP contribution in [0.1, 0.15) is 63.6 Å². The van der Waals surface area contributed by atoms with E-state index in [4.69, 9.17) is 0 Å². The molecule has 0 unspecified atom stereocenters. The molecular formula is C21H26N2O2S. The Morgan fingerprint density at radius 3 is 2.42 bits per heavy atom. The SMILES string of the molecule is CCN(CC)C(=O)c1ccc(NC(=O)c2cc3c(s2)CCCCC3)cc1. The molecule has 1 aromatic carbocycles. The van der Waals surface area contributed by atoms with E-state index in [2.05, 4.69) is 11.4 Å². The molecule has 0 fully saturated rings. The maximum absolute atomic E-state index is 12.6. The Morgan fingerprint density at radius 2 is 1.73 bits per heavy atom. The molecule has 0 atom stereocenters. The van der Waals surface area contributed by atoms with Crippen molar-refractivity contribution in [1.29, 1.82) is 0 Å². The van der Waals surface area contributed by atoms with Crippen molar-refractivity contribution in [2.75, 3.05) is 18.4 Å². The van der Waals surface area contributed by atoms with Crippen LogP contribution in [0.15, 0.2) is 30.3 Å². The van der Waals surface area contributed by atoms with Crippen LogP contribution in [0.25, 0.3) is 0 Å². The molecule has 2 amide bonds. The minimum Gasteiger partial charge on any atom is -0.339 e. The van der Waals surface area contributed by atoms with Crippen LogP contribution in [0.3, 0.4) is 0 Å². The molecule has 0 saturated heterocycles. The molecule has 1 aliphatic carbocycles. The summed E-state index contributed by atoms with van der Waals surface area (Å²) < 4.78 is 0. The summed E-state index contributed by atoms with van der Waals surface area (Å²) in [6, 6.07) is 9.21. The van der Waals surface area contributed by atoms with Crippen LogP contribution in [0.4, 0.5) is 5.69 Å². The number of rotatable bonds is 5. The Balaban J connectivity index is 1.67. The quantitative estimate of drug-likeness (QED) is 0.772. The van der Waals surface area contributed by atoms with Gasteiger partial charge in [-0.1, -0.05) is 6.42 Å². The summed E-state index contributed by atoms with van der Waals surface area (Å²) in [7, 11) is 0. The summed E-state index contributed by atoms with van der Waals surface area (Å²) >= 11 is 1.62. The van der Waals surface area contributed by atoms with Gasteiger partial charge in [0.25, 0.3) is 11.8 Å². The second-order valence-electron chi connectivity index (χ2n) is 6.63. The second-order valence-corrected chi connectivity index (χ2v) is 7.77. The Hall–Kier alpha value is -2.14. The second kappa shape index (κ2) is 8.49. The number of anilines is 1. The minimum absolute atomic E-state index is 0.0230. The molecule has 0 radical (unpaired) electrons. The molecule has 5 heteroatoms. The lowest BCUT2D eigenvalue weighted by molar-refractivity contribution is 0.0773. The molecule has 4 nitrogen and oxygen atoms in total. The molecular weight excluding hydrogens is 344 g/mol. The van der Waals surface area contributed by atoms with Gasteiger partial charge in [-0.15, -0.1) is 11.3 Å². The predicted molar refractivity (Wildman–Crippen MR) is 107 cm³/mol. The lowest BCUT2D eigenvalue weighted by Gasteiger charge is -2.18. The molecule has 0 bridgehead atoms. The Bertz CT molecular complexity index is 752. The van der Waals surface area contributed by atoms with Crippen LogP contribution >= 0.6 is 11.3 Å². The van der Waals surface area contributed by atoms with Gasteiger partial charge in [-0.3, -0.25) is 9.59 Å². The summed E-state index contributed by atoms with van der Waals surface area (Å²) in [4.78, 5) is 28.8. The molecule has 0 aliphatic heterocycles. The lowest BCUT2D eigenvalue weighted by Crippen LogP contribution is -2.30. The molecule has 3 rings (SSSR count). The maximum Gasteiger partial charge on any atom is 0.265 e. The first kappa shape index (κ1) is 18.6. The van der Waals surface area contributed by atoms with Crippen LogP contribution in [-0.4, -0.2) is 29.8 Å². The summed E-state index contributed by atoms with van der Waals surface area (Å²) in [6.07, 6.45) is 5.89. The molecule has 2 aromatic rings. The fourth-order valence-corrected chi connectivity index (χ4v) is 4.51. The smallest absolute Gasteiger partial charge is 0.265 e. The molecule has 1 aliphatic rings. The normalized spacial score (nSPS) is 13.6. The van der Waals surface area contributed by atoms with Gasteiger partial charge in [0, 0.05) is 29.2 Å². The molecule has 1 N–H and O–H groups in total. The number of thiophene rings is 1. The van der Waals surface area contributed by atoms with E-state index in [1.807, 2.05) is 13.8 Å². The van der Waals surface area contributed by atoms with Gasteiger partial charge in [0.2, 0.25) is 0 Å². The zero-order valence-electron chi connectivity index (χ0n) is 15.5. The largest absolute Gasteiger partial charge is 0.339 e. The summed E-state index contributed by atoms with van der Waals surface area (Å²) in [6.45, 7) is 5.32. The van der Waals surface area contributed by atoms with E-state index in [0.29, 0.717) is 18.7 Å². The number of aryl methyl sites for hydroxylation is 2. The Kier molecular flexibility index (Phi) is 6.09. The van der Waals surface area contributed by atoms with Crippen LogP contribution < -0.4 is 5.32 Å². The van der Waals surface area contributed by atoms with Gasteiger partial charge in [0.15, 0.2) is 0 Å². The molecule has 138 valence electrons. The maximum atomic E-state index is 12.6. The van der Waals surface area contributed by atoms with E-state index in [9.17, 15) is 9.59 Å². The molecule has 0 saturated carbocycles. The highest BCUT2D eigenvalue weighted by Gasteiger charge is 2.17. The number of hydrogen-bond acceptors (Lipinski definition) is 3. The first-order valence-corrected chi connectivity index (χ1v) is 10.3. The van der Waals surface area contributed by atoms with Gasteiger partial charge in [-0.25, -0.2) is 0 Å². The van der Waals surface area contributed by atoms with Crippen LogP contribution in [0.5, 0.6) is 0 Å². The number of fused-ring (bicyclic) bond motifs is 1. The lowest BCUT2D eigenvalue weighted by atomic mass is 10.1. The first-order valence-electron chi connectivity index (χ1n) is 9.44. The number of benzene rings is 1. The average molecular weight is 371 g/mol. The third-order valence-electron chi connectivity index (χ3n) is 4.91. The van der Waals surface area contributed by atoms with Gasteiger partial charge in [-0.2, -0.15) is 0 Å². The number of carbonyl (C=O) groups excluding carboxylic acids is 2. The topological polar surface area (TPSA) is 49.4 Å². The summed E-state index contributed by atoms with van der Waals surface area (Å²) in [5, 5.41) is 2.95. The van der Waals surface area contributed by atoms with Crippen molar-refractivity contribution in [3.8, 4) is 0 Å². The number of carbonyl (C=O) groups is 2. The van der Waals surface area contributed by atoms with Crippen molar-refractivity contribution in [2.24, 2.45) is 0 Å². The number of nitrogens with one attached hydrogen (secondary N) is 1. The van der Waals surface area contributed by atoms with Crippen LogP contribution in [0, 0.1) is 0 Å². The van der Waals surface area contributed by atoms with Crippen molar-refractivity contribution in [2.45, 2.75) is 46.0 Å². The molecule has 1 aromatic heterocycles. The fourth-order valence-electron chi connectivity index (χ4n) is 3.36. The highest BCUT2D eigenvalue weighted by Crippen LogP contribution is 2.29. The molecule has 0 spiro atoms. The zero-order chi connectivity index (χ0) is 18.5. The number of nitrogens with zero attached hydrogens (tertiary/aromatic N) is 1. The number of hydrogen-bond donors (Lipinski definition) is 1. The predicted octanol–water partition coefficient (Wildman–Crippen LogP) is 4.75. The highest BCUT2D eigenvalue weighted by molar-refractivity contribution is 7.14.